The van der Waals surface area contributed by atoms with E-state index in [-0.39, 0.29) is 0 Å². The van der Waals surface area contributed by atoms with E-state index in [0.29, 0.717) is 10.2 Å². The summed E-state index contributed by atoms with van der Waals surface area (Å²) in [6.07, 6.45) is 1.45. The topological polar surface area (TPSA) is 43.6 Å². The predicted molar refractivity (Wildman–Crippen MR) is 49.3 cm³/mol. The fourth-order valence-corrected chi connectivity index (χ4v) is 1.66. The van der Waals surface area contributed by atoms with Gasteiger partial charge in [0.15, 0.2) is 5.16 Å². The Morgan fingerprint density at radius 2 is 2.29 bits per heavy atom. The highest BCUT2D eigenvalue weighted by Crippen LogP contribution is 2.22. The van der Waals surface area contributed by atoms with E-state index in [2.05, 4.69) is 15.1 Å². The largest absolute Gasteiger partial charge is 0.244 e. The molecule has 72 valence electrons. The zero-order valence-corrected chi connectivity index (χ0v) is 8.20. The summed E-state index contributed by atoms with van der Waals surface area (Å²) in [4.78, 5) is 7.70. The van der Waals surface area contributed by atoms with Crippen LogP contribution in [0.3, 0.4) is 0 Å². The molecule has 2 heterocycles. The van der Waals surface area contributed by atoms with Crippen LogP contribution in [0, 0.1) is 5.95 Å². The highest BCUT2D eigenvalue weighted by atomic mass is 32.2. The molecule has 0 unspecified atom stereocenters. The first kappa shape index (κ1) is 9.14. The lowest BCUT2D eigenvalue weighted by Gasteiger charge is -1.98. The molecule has 0 amide bonds. The average molecular weight is 210 g/mol. The van der Waals surface area contributed by atoms with Gasteiger partial charge >= 0.3 is 0 Å². The van der Waals surface area contributed by atoms with Crippen molar-refractivity contribution in [2.45, 2.75) is 10.2 Å². The molecule has 0 N–H and O–H groups in total. The van der Waals surface area contributed by atoms with Crippen LogP contribution in [0.15, 0.2) is 34.7 Å². The molecule has 4 nitrogen and oxygen atoms in total. The molecular weight excluding hydrogens is 203 g/mol. The van der Waals surface area contributed by atoms with Crippen LogP contribution in [0.2, 0.25) is 0 Å². The van der Waals surface area contributed by atoms with E-state index >= 15 is 0 Å². The van der Waals surface area contributed by atoms with Crippen LogP contribution in [-0.4, -0.2) is 19.7 Å². The molecule has 0 aliphatic rings. The van der Waals surface area contributed by atoms with Gasteiger partial charge < -0.3 is 0 Å². The minimum atomic E-state index is -0.489. The summed E-state index contributed by atoms with van der Waals surface area (Å²) in [7, 11) is 1.77. The van der Waals surface area contributed by atoms with Gasteiger partial charge in [0.05, 0.1) is 0 Å². The predicted octanol–water partition coefficient (Wildman–Crippen LogP) is 1.50. The quantitative estimate of drug-likeness (QED) is 0.704. The molecule has 0 radical (unpaired) electrons. The van der Waals surface area contributed by atoms with Crippen molar-refractivity contribution in [3.63, 3.8) is 0 Å². The molecule has 2 rings (SSSR count). The summed E-state index contributed by atoms with van der Waals surface area (Å²) < 4.78 is 14.3. The van der Waals surface area contributed by atoms with Gasteiger partial charge in [-0.2, -0.15) is 9.49 Å². The van der Waals surface area contributed by atoms with E-state index in [1.165, 1.54) is 24.2 Å². The lowest BCUT2D eigenvalue weighted by molar-refractivity contribution is 0.572. The van der Waals surface area contributed by atoms with Crippen molar-refractivity contribution < 1.29 is 4.39 Å². The molecule has 0 saturated carbocycles. The van der Waals surface area contributed by atoms with E-state index in [1.54, 1.807) is 23.9 Å². The summed E-state index contributed by atoms with van der Waals surface area (Å²) in [5.74, 6) is -0.489. The summed E-state index contributed by atoms with van der Waals surface area (Å²) in [6.45, 7) is 0. The van der Waals surface area contributed by atoms with Gasteiger partial charge in [0.1, 0.15) is 11.4 Å². The van der Waals surface area contributed by atoms with Gasteiger partial charge in [-0.15, -0.1) is 0 Å². The van der Waals surface area contributed by atoms with Gasteiger partial charge in [0, 0.05) is 7.05 Å². The third kappa shape index (κ3) is 1.90. The second-order valence-electron chi connectivity index (χ2n) is 2.57. The molecule has 0 bridgehead atoms. The van der Waals surface area contributed by atoms with Crippen molar-refractivity contribution in [2.24, 2.45) is 7.05 Å². The maximum atomic E-state index is 12.7. The number of aromatic nitrogens is 4. The summed E-state index contributed by atoms with van der Waals surface area (Å²) in [5.41, 5.74) is 0. The molecule has 0 aliphatic heterocycles. The van der Waals surface area contributed by atoms with Crippen LogP contribution < -0.4 is 0 Å². The maximum absolute atomic E-state index is 12.7. The average Bonchev–Trinajstić information content (AvgIpc) is 2.52. The molecule has 2 aromatic heterocycles. The third-order valence-electron chi connectivity index (χ3n) is 1.56. The molecule has 0 atom stereocenters. The van der Waals surface area contributed by atoms with Gasteiger partial charge in [0.25, 0.3) is 0 Å². The fraction of sp³-hybridized carbons (Fsp3) is 0.125. The smallest absolute Gasteiger partial charge is 0.213 e. The van der Waals surface area contributed by atoms with Crippen molar-refractivity contribution in [3.05, 3.63) is 30.5 Å². The third-order valence-corrected chi connectivity index (χ3v) is 2.54. The fourth-order valence-electron chi connectivity index (χ4n) is 0.918. The van der Waals surface area contributed by atoms with Gasteiger partial charge in [-0.1, -0.05) is 6.07 Å². The monoisotopic (exact) mass is 210 g/mol. The van der Waals surface area contributed by atoms with Crippen LogP contribution in [-0.2, 0) is 7.05 Å². The van der Waals surface area contributed by atoms with Gasteiger partial charge in [-0.3, -0.25) is 0 Å². The van der Waals surface area contributed by atoms with Gasteiger partial charge in [-0.25, -0.2) is 14.6 Å². The Morgan fingerprint density at radius 1 is 1.43 bits per heavy atom. The van der Waals surface area contributed by atoms with Crippen molar-refractivity contribution >= 4 is 11.8 Å². The Balaban J connectivity index is 2.23. The summed E-state index contributed by atoms with van der Waals surface area (Å²) >= 11 is 1.27. The standard InChI is InChI=1S/C8H7FN4S/c1-13-8(10-5-11-13)14-7-4-2-3-6(9)12-7/h2-5H,1H3. The summed E-state index contributed by atoms with van der Waals surface area (Å²) in [6, 6.07) is 4.64. The van der Waals surface area contributed by atoms with E-state index in [1.807, 2.05) is 0 Å². The first-order valence-electron chi connectivity index (χ1n) is 3.90. The summed E-state index contributed by atoms with van der Waals surface area (Å²) in [5, 5.41) is 5.15. The number of nitrogens with zero attached hydrogens (tertiary/aromatic N) is 4. The van der Waals surface area contributed by atoms with Crippen molar-refractivity contribution in [3.8, 4) is 0 Å². The molecule has 2 aromatic rings. The molecule has 6 heteroatoms. The SMILES string of the molecule is Cn1ncnc1Sc1cccc(F)n1. The van der Waals surface area contributed by atoms with Crippen LogP contribution in [0.1, 0.15) is 0 Å². The van der Waals surface area contributed by atoms with Gasteiger partial charge in [0.2, 0.25) is 5.95 Å². The number of pyridine rings is 1. The Hall–Kier alpha value is -1.43. The zero-order valence-electron chi connectivity index (χ0n) is 7.38. The Labute approximate surface area is 84.2 Å². The Morgan fingerprint density at radius 3 is 2.93 bits per heavy atom. The number of hydrogen-bond acceptors (Lipinski definition) is 4. The van der Waals surface area contributed by atoms with Crippen LogP contribution in [0.4, 0.5) is 4.39 Å². The van der Waals surface area contributed by atoms with E-state index < -0.39 is 5.95 Å². The van der Waals surface area contributed by atoms with E-state index in [9.17, 15) is 4.39 Å². The molecule has 14 heavy (non-hydrogen) atoms. The number of rotatable bonds is 2. The normalized spacial score (nSPS) is 10.4. The maximum Gasteiger partial charge on any atom is 0.213 e. The van der Waals surface area contributed by atoms with Crippen molar-refractivity contribution in [2.75, 3.05) is 0 Å². The first-order chi connectivity index (χ1) is 6.75. The van der Waals surface area contributed by atoms with E-state index in [0.717, 1.165) is 0 Å². The van der Waals surface area contributed by atoms with Crippen LogP contribution in [0.5, 0.6) is 0 Å². The highest BCUT2D eigenvalue weighted by molar-refractivity contribution is 7.99. The number of halogens is 1. The second-order valence-corrected chi connectivity index (χ2v) is 3.55. The molecule has 0 saturated heterocycles. The second kappa shape index (κ2) is 3.75. The minimum Gasteiger partial charge on any atom is -0.244 e. The van der Waals surface area contributed by atoms with Crippen LogP contribution >= 0.6 is 11.8 Å². The van der Waals surface area contributed by atoms with Crippen LogP contribution in [0.25, 0.3) is 0 Å². The van der Waals surface area contributed by atoms with Crippen molar-refractivity contribution in [1.82, 2.24) is 19.7 Å². The lowest BCUT2D eigenvalue weighted by Crippen LogP contribution is -1.93. The number of hydrogen-bond donors (Lipinski definition) is 0. The molecule has 0 fully saturated rings. The molecule has 0 aromatic carbocycles. The van der Waals surface area contributed by atoms with E-state index in [4.69, 9.17) is 0 Å². The molecule has 0 aliphatic carbocycles. The van der Waals surface area contributed by atoms with Crippen molar-refractivity contribution in [1.29, 1.82) is 0 Å². The number of aryl methyl sites for hydroxylation is 1. The minimum absolute atomic E-state index is 0.489. The zero-order chi connectivity index (χ0) is 9.97. The lowest BCUT2D eigenvalue weighted by atomic mass is 10.5. The first-order valence-corrected chi connectivity index (χ1v) is 4.72. The molecule has 0 spiro atoms. The highest BCUT2D eigenvalue weighted by Gasteiger charge is 2.04. The Bertz CT molecular complexity index is 442. The van der Waals surface area contributed by atoms with Gasteiger partial charge in [-0.05, 0) is 23.9 Å². The molecular formula is C8H7FN4S. The Kier molecular flexibility index (Phi) is 2.45.